The Morgan fingerprint density at radius 1 is 1.26 bits per heavy atom. The minimum Gasteiger partial charge on any atom is -0.321 e. The number of halogens is 1. The number of pyridine rings is 1. The molecule has 0 amide bonds. The topological polar surface area (TPSA) is 38.9 Å². The smallest absolute Gasteiger partial charge is 0.128 e. The largest absolute Gasteiger partial charge is 0.321 e. The molecule has 2 nitrogen and oxygen atoms in total. The maximum Gasteiger partial charge on any atom is 0.128 e. The van der Waals surface area contributed by atoms with Gasteiger partial charge in [-0.15, -0.1) is 0 Å². The summed E-state index contributed by atoms with van der Waals surface area (Å²) < 4.78 is 14.0. The van der Waals surface area contributed by atoms with E-state index in [1.165, 1.54) is 11.6 Å². The lowest BCUT2D eigenvalue weighted by Gasteiger charge is -2.32. The van der Waals surface area contributed by atoms with Crippen molar-refractivity contribution in [3.05, 3.63) is 65.2 Å². The number of hydrogen-bond acceptors (Lipinski definition) is 2. The fourth-order valence-electron chi connectivity index (χ4n) is 3.08. The molecule has 3 rings (SSSR count). The zero-order chi connectivity index (χ0) is 13.5. The molecule has 1 aromatic heterocycles. The van der Waals surface area contributed by atoms with E-state index < -0.39 is 5.54 Å². The van der Waals surface area contributed by atoms with Crippen LogP contribution >= 0.6 is 0 Å². The highest BCUT2D eigenvalue weighted by Crippen LogP contribution is 2.43. The first kappa shape index (κ1) is 12.3. The second-order valence-corrected chi connectivity index (χ2v) is 5.40. The van der Waals surface area contributed by atoms with Gasteiger partial charge in [-0.1, -0.05) is 24.3 Å². The Kier molecular flexibility index (Phi) is 2.86. The van der Waals surface area contributed by atoms with Crippen LogP contribution in [0.15, 0.2) is 42.6 Å². The molecule has 2 N–H and O–H groups in total. The number of rotatable bonds is 2. The van der Waals surface area contributed by atoms with E-state index in [0.29, 0.717) is 5.56 Å². The third-order valence-electron chi connectivity index (χ3n) is 4.14. The van der Waals surface area contributed by atoms with Gasteiger partial charge < -0.3 is 5.73 Å². The molecule has 1 heterocycles. The average molecular weight is 256 g/mol. The molecule has 0 bridgehead atoms. The highest BCUT2D eigenvalue weighted by atomic mass is 19.1. The van der Waals surface area contributed by atoms with Crippen LogP contribution in [0.1, 0.15) is 36.1 Å². The molecule has 1 aliphatic rings. The molecule has 19 heavy (non-hydrogen) atoms. The third-order valence-corrected chi connectivity index (χ3v) is 4.14. The molecular formula is C16H17FN2. The van der Waals surface area contributed by atoms with Gasteiger partial charge in [-0.25, -0.2) is 4.39 Å². The van der Waals surface area contributed by atoms with Gasteiger partial charge in [0.1, 0.15) is 5.82 Å². The lowest BCUT2D eigenvalue weighted by Crippen LogP contribution is -2.40. The van der Waals surface area contributed by atoms with Crippen LogP contribution in [-0.4, -0.2) is 4.98 Å². The number of hydrogen-bond donors (Lipinski definition) is 1. The van der Waals surface area contributed by atoms with Crippen LogP contribution in [-0.2, 0) is 12.0 Å². The number of aryl methyl sites for hydroxylation is 1. The van der Waals surface area contributed by atoms with Gasteiger partial charge in [0.25, 0.3) is 0 Å². The van der Waals surface area contributed by atoms with Crippen molar-refractivity contribution < 1.29 is 4.39 Å². The highest BCUT2D eigenvalue weighted by Gasteiger charge is 2.39. The zero-order valence-corrected chi connectivity index (χ0v) is 10.9. The van der Waals surface area contributed by atoms with Gasteiger partial charge in [-0.05, 0) is 37.5 Å². The number of aromatic nitrogens is 1. The third kappa shape index (κ3) is 1.94. The van der Waals surface area contributed by atoms with E-state index in [9.17, 15) is 4.39 Å². The standard InChI is InChI=1S/C16H17FN2/c1-16(18,12-6-2-3-7-14(12)17)13-9-8-11-5-4-10-19-15(11)13/h2-7,10,13H,8-9,18H2,1H3. The normalized spacial score (nSPS) is 20.9. The molecule has 0 saturated heterocycles. The molecule has 0 radical (unpaired) electrons. The molecule has 98 valence electrons. The molecule has 0 fully saturated rings. The van der Waals surface area contributed by atoms with Crippen LogP contribution in [0.2, 0.25) is 0 Å². The summed E-state index contributed by atoms with van der Waals surface area (Å²) >= 11 is 0. The Morgan fingerprint density at radius 2 is 2.05 bits per heavy atom. The van der Waals surface area contributed by atoms with Crippen LogP contribution in [0.3, 0.4) is 0 Å². The summed E-state index contributed by atoms with van der Waals surface area (Å²) in [6.45, 7) is 1.90. The Labute approximate surface area is 112 Å². The summed E-state index contributed by atoms with van der Waals surface area (Å²) in [6.07, 6.45) is 3.68. The summed E-state index contributed by atoms with van der Waals surface area (Å²) in [5.74, 6) is -0.169. The van der Waals surface area contributed by atoms with Gasteiger partial charge in [0, 0.05) is 28.9 Å². The Hall–Kier alpha value is -1.74. The van der Waals surface area contributed by atoms with Crippen LogP contribution in [0.25, 0.3) is 0 Å². The molecule has 0 aliphatic heterocycles. The number of fused-ring (bicyclic) bond motifs is 1. The second-order valence-electron chi connectivity index (χ2n) is 5.40. The van der Waals surface area contributed by atoms with Crippen LogP contribution in [0.5, 0.6) is 0 Å². The molecule has 2 atom stereocenters. The van der Waals surface area contributed by atoms with E-state index in [4.69, 9.17) is 5.73 Å². The van der Waals surface area contributed by atoms with Gasteiger partial charge in [-0.2, -0.15) is 0 Å². The second kappa shape index (κ2) is 4.42. The van der Waals surface area contributed by atoms with E-state index in [0.717, 1.165) is 18.5 Å². The van der Waals surface area contributed by atoms with Crippen LogP contribution in [0, 0.1) is 5.82 Å². The van der Waals surface area contributed by atoms with Crippen molar-refractivity contribution in [2.24, 2.45) is 5.73 Å². The SMILES string of the molecule is CC(N)(c1ccccc1F)C1CCc2cccnc21. The van der Waals surface area contributed by atoms with E-state index in [1.807, 2.05) is 19.1 Å². The van der Waals surface area contributed by atoms with E-state index >= 15 is 0 Å². The lowest BCUT2D eigenvalue weighted by atomic mass is 9.78. The quantitative estimate of drug-likeness (QED) is 0.896. The van der Waals surface area contributed by atoms with Crippen molar-refractivity contribution in [1.82, 2.24) is 4.98 Å². The van der Waals surface area contributed by atoms with Crippen molar-refractivity contribution in [2.45, 2.75) is 31.2 Å². The number of nitrogens with two attached hydrogens (primary N) is 1. The first-order valence-electron chi connectivity index (χ1n) is 6.58. The number of nitrogens with zero attached hydrogens (tertiary/aromatic N) is 1. The van der Waals surface area contributed by atoms with Gasteiger partial charge in [-0.3, -0.25) is 4.98 Å². The van der Waals surface area contributed by atoms with Crippen molar-refractivity contribution in [1.29, 1.82) is 0 Å². The summed E-state index contributed by atoms with van der Waals surface area (Å²) in [5, 5.41) is 0. The van der Waals surface area contributed by atoms with Gasteiger partial charge in [0.2, 0.25) is 0 Å². The Bertz CT molecular complexity index is 607. The summed E-state index contributed by atoms with van der Waals surface area (Å²) in [4.78, 5) is 4.46. The maximum atomic E-state index is 14.0. The first-order chi connectivity index (χ1) is 9.10. The van der Waals surface area contributed by atoms with Crippen molar-refractivity contribution in [2.75, 3.05) is 0 Å². The molecule has 0 spiro atoms. The van der Waals surface area contributed by atoms with E-state index in [1.54, 1.807) is 18.3 Å². The zero-order valence-electron chi connectivity index (χ0n) is 10.9. The predicted octanol–water partition coefficient (Wildman–Crippen LogP) is 3.12. The average Bonchev–Trinajstić information content (AvgIpc) is 2.83. The summed E-state index contributed by atoms with van der Waals surface area (Å²) in [7, 11) is 0. The first-order valence-corrected chi connectivity index (χ1v) is 6.58. The Morgan fingerprint density at radius 3 is 2.84 bits per heavy atom. The fraction of sp³-hybridized carbons (Fsp3) is 0.312. The molecule has 3 heteroatoms. The minimum absolute atomic E-state index is 0.0700. The monoisotopic (exact) mass is 256 g/mol. The minimum atomic E-state index is -0.731. The molecule has 0 saturated carbocycles. The molecular weight excluding hydrogens is 239 g/mol. The maximum absolute atomic E-state index is 14.0. The fourth-order valence-corrected chi connectivity index (χ4v) is 3.08. The number of benzene rings is 1. The van der Waals surface area contributed by atoms with Gasteiger partial charge >= 0.3 is 0 Å². The van der Waals surface area contributed by atoms with Crippen molar-refractivity contribution in [3.63, 3.8) is 0 Å². The van der Waals surface area contributed by atoms with Crippen molar-refractivity contribution >= 4 is 0 Å². The van der Waals surface area contributed by atoms with Crippen molar-refractivity contribution in [3.8, 4) is 0 Å². The Balaban J connectivity index is 2.05. The van der Waals surface area contributed by atoms with E-state index in [2.05, 4.69) is 11.1 Å². The summed E-state index contributed by atoms with van der Waals surface area (Å²) in [6, 6.07) is 10.8. The van der Waals surface area contributed by atoms with Crippen LogP contribution in [0.4, 0.5) is 4.39 Å². The summed E-state index contributed by atoms with van der Waals surface area (Å²) in [5.41, 5.74) is 8.58. The van der Waals surface area contributed by atoms with Gasteiger partial charge in [0.15, 0.2) is 0 Å². The predicted molar refractivity (Wildman–Crippen MR) is 73.2 cm³/mol. The van der Waals surface area contributed by atoms with E-state index in [-0.39, 0.29) is 11.7 Å². The van der Waals surface area contributed by atoms with Crippen LogP contribution < -0.4 is 5.73 Å². The molecule has 2 unspecified atom stereocenters. The molecule has 1 aliphatic carbocycles. The molecule has 1 aromatic carbocycles. The van der Waals surface area contributed by atoms with Gasteiger partial charge in [0.05, 0.1) is 0 Å². The lowest BCUT2D eigenvalue weighted by molar-refractivity contribution is 0.365. The molecule has 2 aromatic rings. The highest BCUT2D eigenvalue weighted by molar-refractivity contribution is 5.36.